The van der Waals surface area contributed by atoms with Crippen LogP contribution in [0.5, 0.6) is 5.75 Å². The number of ether oxygens (including phenoxy) is 1. The second-order valence-corrected chi connectivity index (χ2v) is 5.49. The minimum Gasteiger partial charge on any atom is -0.482 e. The summed E-state index contributed by atoms with van der Waals surface area (Å²) in [4.78, 5) is 11.9. The van der Waals surface area contributed by atoms with E-state index >= 15 is 0 Å². The van der Waals surface area contributed by atoms with E-state index in [-0.39, 0.29) is 36.2 Å². The maximum Gasteiger partial charge on any atom is 0.422 e. The molecule has 0 radical (unpaired) electrons. The molecule has 136 valence electrons. The Kier molecular flexibility index (Phi) is 7.75. The quantitative estimate of drug-likeness (QED) is 0.753. The van der Waals surface area contributed by atoms with Crippen LogP contribution in [0.15, 0.2) is 18.2 Å². The Hall–Kier alpha value is -1.54. The van der Waals surface area contributed by atoms with Gasteiger partial charge in [0.2, 0.25) is 5.91 Å². The van der Waals surface area contributed by atoms with Gasteiger partial charge >= 0.3 is 6.18 Å². The van der Waals surface area contributed by atoms with Gasteiger partial charge in [-0.1, -0.05) is 0 Å². The van der Waals surface area contributed by atoms with Crippen LogP contribution in [0.4, 0.5) is 23.2 Å². The van der Waals surface area contributed by atoms with Gasteiger partial charge < -0.3 is 15.4 Å². The van der Waals surface area contributed by atoms with Crippen molar-refractivity contribution in [3.63, 3.8) is 0 Å². The standard InChI is InChI=1S/C15H18F4N2O2.ClH/c16-11-2-3-13(23-9-15(17,18)19)12(7-11)21-14(22)4-1-10-5-6-20-8-10;/h2-3,7,10,20H,1,4-6,8-9H2,(H,21,22);1H. The normalized spacial score (nSPS) is 17.2. The third-order valence-corrected chi connectivity index (χ3v) is 3.55. The first-order valence-corrected chi connectivity index (χ1v) is 7.33. The van der Waals surface area contributed by atoms with E-state index in [1.54, 1.807) is 0 Å². The van der Waals surface area contributed by atoms with Crippen LogP contribution >= 0.6 is 12.4 Å². The Labute approximate surface area is 143 Å². The molecule has 0 saturated carbocycles. The van der Waals surface area contributed by atoms with Gasteiger partial charge in [-0.25, -0.2) is 4.39 Å². The lowest BCUT2D eigenvalue weighted by molar-refractivity contribution is -0.153. The van der Waals surface area contributed by atoms with Crippen LogP contribution in [-0.4, -0.2) is 31.8 Å². The first kappa shape index (κ1) is 20.5. The molecule has 1 aromatic rings. The highest BCUT2D eigenvalue weighted by Crippen LogP contribution is 2.28. The fourth-order valence-electron chi connectivity index (χ4n) is 2.39. The van der Waals surface area contributed by atoms with Crippen LogP contribution in [0.2, 0.25) is 0 Å². The van der Waals surface area contributed by atoms with Crippen molar-refractivity contribution in [3.8, 4) is 5.75 Å². The lowest BCUT2D eigenvalue weighted by Gasteiger charge is -2.14. The zero-order valence-corrected chi connectivity index (χ0v) is 13.6. The van der Waals surface area contributed by atoms with Gasteiger partial charge in [0.1, 0.15) is 11.6 Å². The number of rotatable bonds is 6. The molecule has 2 N–H and O–H groups in total. The van der Waals surface area contributed by atoms with Crippen LogP contribution in [0, 0.1) is 11.7 Å². The minimum atomic E-state index is -4.51. The Morgan fingerprint density at radius 3 is 2.75 bits per heavy atom. The molecule has 1 heterocycles. The van der Waals surface area contributed by atoms with Gasteiger partial charge in [0.25, 0.3) is 0 Å². The number of alkyl halides is 3. The first-order chi connectivity index (χ1) is 10.8. The van der Waals surface area contributed by atoms with Crippen LogP contribution in [0.1, 0.15) is 19.3 Å². The van der Waals surface area contributed by atoms with Gasteiger partial charge in [-0.05, 0) is 44.0 Å². The van der Waals surface area contributed by atoms with Crippen molar-refractivity contribution in [3.05, 3.63) is 24.0 Å². The number of carbonyl (C=O) groups excluding carboxylic acids is 1. The number of anilines is 1. The van der Waals surface area contributed by atoms with Gasteiger partial charge in [0.05, 0.1) is 5.69 Å². The lowest BCUT2D eigenvalue weighted by atomic mass is 10.0. The molecule has 1 fully saturated rings. The van der Waals surface area contributed by atoms with Crippen LogP contribution in [0.3, 0.4) is 0 Å². The maximum atomic E-state index is 13.3. The summed E-state index contributed by atoms with van der Waals surface area (Å²) in [6.07, 6.45) is -2.62. The molecule has 4 nitrogen and oxygen atoms in total. The molecular weight excluding hydrogens is 352 g/mol. The predicted molar refractivity (Wildman–Crippen MR) is 84.0 cm³/mol. The summed E-state index contributed by atoms with van der Waals surface area (Å²) in [6.45, 7) is 0.272. The molecule has 0 spiro atoms. The summed E-state index contributed by atoms with van der Waals surface area (Å²) >= 11 is 0. The molecule has 1 unspecified atom stereocenters. The summed E-state index contributed by atoms with van der Waals surface area (Å²) in [5.41, 5.74) is -0.0937. The highest BCUT2D eigenvalue weighted by Gasteiger charge is 2.29. The van der Waals surface area contributed by atoms with Crippen LogP contribution in [-0.2, 0) is 4.79 Å². The number of benzene rings is 1. The van der Waals surface area contributed by atoms with E-state index in [1.807, 2.05) is 0 Å². The number of halogens is 5. The first-order valence-electron chi connectivity index (χ1n) is 7.33. The number of hydrogen-bond donors (Lipinski definition) is 2. The molecule has 2 rings (SSSR count). The van der Waals surface area contributed by atoms with Gasteiger partial charge in [-0.2, -0.15) is 13.2 Å². The molecule has 24 heavy (non-hydrogen) atoms. The van der Waals surface area contributed by atoms with E-state index in [4.69, 9.17) is 0 Å². The van der Waals surface area contributed by atoms with Crippen molar-refractivity contribution in [2.75, 3.05) is 25.0 Å². The summed E-state index contributed by atoms with van der Waals surface area (Å²) in [7, 11) is 0. The summed E-state index contributed by atoms with van der Waals surface area (Å²) in [5.74, 6) is -0.840. The fraction of sp³-hybridized carbons (Fsp3) is 0.533. The second-order valence-electron chi connectivity index (χ2n) is 5.49. The number of nitrogens with one attached hydrogen (secondary N) is 2. The van der Waals surface area contributed by atoms with Gasteiger partial charge in [0.15, 0.2) is 6.61 Å². The zero-order chi connectivity index (χ0) is 16.9. The van der Waals surface area contributed by atoms with Crippen LogP contribution < -0.4 is 15.4 Å². The molecule has 1 amide bonds. The van der Waals surface area contributed by atoms with E-state index in [0.717, 1.165) is 37.7 Å². The zero-order valence-electron chi connectivity index (χ0n) is 12.8. The smallest absolute Gasteiger partial charge is 0.422 e. The lowest BCUT2D eigenvalue weighted by Crippen LogP contribution is -2.20. The van der Waals surface area contributed by atoms with Crippen molar-refractivity contribution in [1.82, 2.24) is 5.32 Å². The molecule has 1 aromatic carbocycles. The summed E-state index contributed by atoms with van der Waals surface area (Å²) < 4.78 is 54.5. The average molecular weight is 371 g/mol. The Bertz CT molecular complexity index is 549. The predicted octanol–water partition coefficient (Wildman–Crippen LogP) is 3.52. The van der Waals surface area contributed by atoms with Crippen LogP contribution in [0.25, 0.3) is 0 Å². The number of carbonyl (C=O) groups is 1. The fourth-order valence-corrected chi connectivity index (χ4v) is 2.39. The molecule has 0 aliphatic carbocycles. The third-order valence-electron chi connectivity index (χ3n) is 3.55. The Morgan fingerprint density at radius 1 is 1.38 bits per heavy atom. The molecule has 0 bridgehead atoms. The molecular formula is C15H19ClF4N2O2. The summed E-state index contributed by atoms with van der Waals surface area (Å²) in [5, 5.41) is 5.61. The van der Waals surface area contributed by atoms with E-state index in [0.29, 0.717) is 12.3 Å². The number of amides is 1. The molecule has 0 aromatic heterocycles. The topological polar surface area (TPSA) is 50.4 Å². The van der Waals surface area contributed by atoms with Crippen molar-refractivity contribution in [2.45, 2.75) is 25.4 Å². The van der Waals surface area contributed by atoms with E-state index < -0.39 is 18.6 Å². The largest absolute Gasteiger partial charge is 0.482 e. The van der Waals surface area contributed by atoms with Crippen molar-refractivity contribution < 1.29 is 27.1 Å². The Balaban J connectivity index is 0.00000288. The SMILES string of the molecule is Cl.O=C(CCC1CCNC1)Nc1cc(F)ccc1OCC(F)(F)F. The Morgan fingerprint density at radius 2 is 2.12 bits per heavy atom. The van der Waals surface area contributed by atoms with E-state index in [9.17, 15) is 22.4 Å². The minimum absolute atomic E-state index is 0. The van der Waals surface area contributed by atoms with Crippen molar-refractivity contribution >= 4 is 24.0 Å². The monoisotopic (exact) mass is 370 g/mol. The molecule has 9 heteroatoms. The average Bonchev–Trinajstić information content (AvgIpc) is 2.96. The summed E-state index contributed by atoms with van der Waals surface area (Å²) in [6, 6.07) is 2.99. The van der Waals surface area contributed by atoms with Gasteiger partial charge in [-0.15, -0.1) is 12.4 Å². The van der Waals surface area contributed by atoms with Crippen molar-refractivity contribution in [2.24, 2.45) is 5.92 Å². The van der Waals surface area contributed by atoms with Gasteiger partial charge in [-0.3, -0.25) is 4.79 Å². The third kappa shape index (κ3) is 6.92. The van der Waals surface area contributed by atoms with E-state index in [2.05, 4.69) is 15.4 Å². The highest BCUT2D eigenvalue weighted by atomic mass is 35.5. The van der Waals surface area contributed by atoms with Gasteiger partial charge in [0, 0.05) is 12.5 Å². The highest BCUT2D eigenvalue weighted by molar-refractivity contribution is 5.92. The second kappa shape index (κ2) is 9.08. The molecule has 1 aliphatic heterocycles. The molecule has 1 atom stereocenters. The maximum absolute atomic E-state index is 13.3. The number of hydrogen-bond acceptors (Lipinski definition) is 3. The molecule has 1 aliphatic rings. The van der Waals surface area contributed by atoms with Crippen molar-refractivity contribution in [1.29, 1.82) is 0 Å². The van der Waals surface area contributed by atoms with E-state index in [1.165, 1.54) is 0 Å². The molecule has 1 saturated heterocycles.